The highest BCUT2D eigenvalue weighted by atomic mass is 15.2. The molecule has 0 aliphatic heterocycles. The molecule has 0 aliphatic carbocycles. The van der Waals surface area contributed by atoms with Crippen molar-refractivity contribution in [1.29, 1.82) is 0 Å². The third-order valence-corrected chi connectivity index (χ3v) is 2.35. The van der Waals surface area contributed by atoms with E-state index in [9.17, 15) is 0 Å². The van der Waals surface area contributed by atoms with E-state index in [1.54, 1.807) is 6.33 Å². The number of rotatable bonds is 3. The van der Waals surface area contributed by atoms with Crippen molar-refractivity contribution in [3.8, 4) is 0 Å². The summed E-state index contributed by atoms with van der Waals surface area (Å²) >= 11 is 0. The van der Waals surface area contributed by atoms with Gasteiger partial charge in [-0.3, -0.25) is 4.40 Å². The molecule has 1 atom stereocenters. The molecule has 0 spiro atoms. The lowest BCUT2D eigenvalue weighted by atomic mass is 10.0. The number of pyridine rings is 1. The van der Waals surface area contributed by atoms with Crippen molar-refractivity contribution in [3.63, 3.8) is 0 Å². The molecule has 2 N–H and O–H groups in total. The quantitative estimate of drug-likeness (QED) is 0.781. The minimum atomic E-state index is 0.514. The summed E-state index contributed by atoms with van der Waals surface area (Å²) in [6, 6.07) is 4.14. The van der Waals surface area contributed by atoms with Crippen molar-refractivity contribution >= 4 is 5.65 Å². The summed E-state index contributed by atoms with van der Waals surface area (Å²) in [5.41, 5.74) is 7.74. The molecule has 2 rings (SSSR count). The third-order valence-electron chi connectivity index (χ3n) is 2.35. The first kappa shape index (κ1) is 9.15. The van der Waals surface area contributed by atoms with Gasteiger partial charge in [0.2, 0.25) is 0 Å². The summed E-state index contributed by atoms with van der Waals surface area (Å²) in [5, 5.41) is 7.82. The smallest absolute Gasteiger partial charge is 0.160 e. The molecule has 0 radical (unpaired) electrons. The molecule has 14 heavy (non-hydrogen) atoms. The van der Waals surface area contributed by atoms with Crippen molar-refractivity contribution in [2.45, 2.75) is 13.3 Å². The molecular weight excluding hydrogens is 176 g/mol. The first-order valence-electron chi connectivity index (χ1n) is 4.78. The second kappa shape index (κ2) is 3.75. The average molecular weight is 190 g/mol. The van der Waals surface area contributed by atoms with Crippen molar-refractivity contribution in [1.82, 2.24) is 14.6 Å². The Kier molecular flexibility index (Phi) is 2.45. The highest BCUT2D eigenvalue weighted by Gasteiger charge is 2.02. The first-order chi connectivity index (χ1) is 6.79. The van der Waals surface area contributed by atoms with E-state index < -0.39 is 0 Å². The van der Waals surface area contributed by atoms with E-state index in [1.165, 1.54) is 5.56 Å². The number of nitrogens with two attached hydrogens (primary N) is 1. The fourth-order valence-electron chi connectivity index (χ4n) is 1.47. The summed E-state index contributed by atoms with van der Waals surface area (Å²) in [7, 11) is 0. The Bertz CT molecular complexity index is 421. The Morgan fingerprint density at radius 2 is 2.43 bits per heavy atom. The standard InChI is InChI=1S/C10H14N4/c1-8(6-11)4-9-2-3-14-7-12-13-10(14)5-9/h2-3,5,7-8H,4,6,11H2,1H3. The molecule has 0 amide bonds. The van der Waals surface area contributed by atoms with Crippen molar-refractivity contribution in [2.75, 3.05) is 6.54 Å². The Morgan fingerprint density at radius 1 is 1.57 bits per heavy atom. The van der Waals surface area contributed by atoms with Gasteiger partial charge in [-0.25, -0.2) is 0 Å². The number of fused-ring (bicyclic) bond motifs is 1. The maximum Gasteiger partial charge on any atom is 0.160 e. The summed E-state index contributed by atoms with van der Waals surface area (Å²) in [5.74, 6) is 0.514. The van der Waals surface area contributed by atoms with Gasteiger partial charge in [-0.05, 0) is 36.6 Å². The largest absolute Gasteiger partial charge is 0.330 e. The Balaban J connectivity index is 2.25. The van der Waals surface area contributed by atoms with E-state index >= 15 is 0 Å². The second-order valence-corrected chi connectivity index (χ2v) is 3.68. The van der Waals surface area contributed by atoms with Gasteiger partial charge in [0.05, 0.1) is 0 Å². The van der Waals surface area contributed by atoms with Crippen molar-refractivity contribution in [2.24, 2.45) is 11.7 Å². The molecule has 1 unspecified atom stereocenters. The molecule has 0 bridgehead atoms. The van der Waals surface area contributed by atoms with Gasteiger partial charge < -0.3 is 5.73 Å². The van der Waals surface area contributed by atoms with E-state index in [1.807, 2.05) is 10.6 Å². The second-order valence-electron chi connectivity index (χ2n) is 3.68. The maximum absolute atomic E-state index is 5.58. The molecule has 2 aromatic rings. The number of hydrogen-bond donors (Lipinski definition) is 1. The van der Waals surface area contributed by atoms with Gasteiger partial charge in [-0.1, -0.05) is 6.92 Å². The molecule has 0 aliphatic rings. The van der Waals surface area contributed by atoms with Gasteiger partial charge in [0.1, 0.15) is 6.33 Å². The Hall–Kier alpha value is -1.42. The molecule has 4 heteroatoms. The zero-order chi connectivity index (χ0) is 9.97. The zero-order valence-electron chi connectivity index (χ0n) is 8.22. The highest BCUT2D eigenvalue weighted by Crippen LogP contribution is 2.09. The number of aromatic nitrogens is 3. The van der Waals surface area contributed by atoms with Crippen LogP contribution in [-0.2, 0) is 6.42 Å². The lowest BCUT2D eigenvalue weighted by Crippen LogP contribution is -2.13. The molecule has 2 heterocycles. The van der Waals surface area contributed by atoms with E-state index in [-0.39, 0.29) is 0 Å². The predicted octanol–water partition coefficient (Wildman–Crippen LogP) is 0.867. The Labute approximate surface area is 82.8 Å². The monoisotopic (exact) mass is 190 g/mol. The van der Waals surface area contributed by atoms with E-state index in [4.69, 9.17) is 5.73 Å². The van der Waals surface area contributed by atoms with Crippen LogP contribution in [0.15, 0.2) is 24.7 Å². The summed E-state index contributed by atoms with van der Waals surface area (Å²) < 4.78 is 1.90. The van der Waals surface area contributed by atoms with Crippen LogP contribution in [0.5, 0.6) is 0 Å². The van der Waals surface area contributed by atoms with Crippen LogP contribution in [0.1, 0.15) is 12.5 Å². The summed E-state index contributed by atoms with van der Waals surface area (Å²) in [6.45, 7) is 2.87. The lowest BCUT2D eigenvalue weighted by Gasteiger charge is -2.07. The molecule has 0 saturated heterocycles. The lowest BCUT2D eigenvalue weighted by molar-refractivity contribution is 0.593. The van der Waals surface area contributed by atoms with Gasteiger partial charge in [-0.15, -0.1) is 10.2 Å². The molecule has 2 aromatic heterocycles. The maximum atomic E-state index is 5.58. The SMILES string of the molecule is CC(CN)Cc1ccn2cnnc2c1. The average Bonchev–Trinajstić information content (AvgIpc) is 2.64. The Morgan fingerprint density at radius 3 is 3.21 bits per heavy atom. The van der Waals surface area contributed by atoms with Crippen LogP contribution in [0.4, 0.5) is 0 Å². The van der Waals surface area contributed by atoms with Crippen molar-refractivity contribution < 1.29 is 0 Å². The fraction of sp³-hybridized carbons (Fsp3) is 0.400. The van der Waals surface area contributed by atoms with E-state index in [2.05, 4.69) is 29.3 Å². The van der Waals surface area contributed by atoms with Gasteiger partial charge >= 0.3 is 0 Å². The van der Waals surface area contributed by atoms with Crippen molar-refractivity contribution in [3.05, 3.63) is 30.2 Å². The van der Waals surface area contributed by atoms with E-state index in [0.29, 0.717) is 5.92 Å². The van der Waals surface area contributed by atoms with Crippen LogP contribution >= 0.6 is 0 Å². The summed E-state index contributed by atoms with van der Waals surface area (Å²) in [6.07, 6.45) is 4.68. The molecule has 0 fully saturated rings. The normalized spacial score (nSPS) is 13.3. The van der Waals surface area contributed by atoms with Gasteiger partial charge in [0, 0.05) is 6.20 Å². The van der Waals surface area contributed by atoms with Gasteiger partial charge in [0.25, 0.3) is 0 Å². The number of hydrogen-bond acceptors (Lipinski definition) is 3. The predicted molar refractivity (Wildman–Crippen MR) is 54.9 cm³/mol. The minimum Gasteiger partial charge on any atom is -0.330 e. The number of nitrogens with zero attached hydrogens (tertiary/aromatic N) is 3. The zero-order valence-corrected chi connectivity index (χ0v) is 8.22. The van der Waals surface area contributed by atoms with Crippen LogP contribution < -0.4 is 5.73 Å². The van der Waals surface area contributed by atoms with Crippen LogP contribution in [-0.4, -0.2) is 21.1 Å². The van der Waals surface area contributed by atoms with Crippen LogP contribution in [0.2, 0.25) is 0 Å². The highest BCUT2D eigenvalue weighted by molar-refractivity contribution is 5.39. The molecule has 74 valence electrons. The summed E-state index contributed by atoms with van der Waals surface area (Å²) in [4.78, 5) is 0. The third kappa shape index (κ3) is 1.75. The van der Waals surface area contributed by atoms with Crippen LogP contribution in [0, 0.1) is 5.92 Å². The van der Waals surface area contributed by atoms with Gasteiger partial charge in [0.15, 0.2) is 5.65 Å². The topological polar surface area (TPSA) is 56.2 Å². The molecule has 0 aromatic carbocycles. The van der Waals surface area contributed by atoms with Crippen LogP contribution in [0.3, 0.4) is 0 Å². The molecule has 4 nitrogen and oxygen atoms in total. The molecular formula is C10H14N4. The fourth-order valence-corrected chi connectivity index (χ4v) is 1.47. The first-order valence-corrected chi connectivity index (χ1v) is 4.78. The van der Waals surface area contributed by atoms with Crippen LogP contribution in [0.25, 0.3) is 5.65 Å². The van der Waals surface area contributed by atoms with Gasteiger partial charge in [-0.2, -0.15) is 0 Å². The van der Waals surface area contributed by atoms with E-state index in [0.717, 1.165) is 18.6 Å². The molecule has 0 saturated carbocycles. The minimum absolute atomic E-state index is 0.514.